The number of anilines is 3. The molecule has 2 aromatic carbocycles. The maximum absolute atomic E-state index is 13.4. The summed E-state index contributed by atoms with van der Waals surface area (Å²) in [7, 11) is -3.75. The molecule has 1 saturated heterocycles. The quantitative estimate of drug-likeness (QED) is 0.507. The highest BCUT2D eigenvalue weighted by atomic mass is 35.5. The van der Waals surface area contributed by atoms with E-state index in [0.29, 0.717) is 26.2 Å². The molecular weight excluding hydrogens is 512 g/mol. The van der Waals surface area contributed by atoms with Crippen LogP contribution in [0, 0.1) is 0 Å². The fraction of sp³-hybridized carbons (Fsp3) is 0.346. The number of aromatic nitrogens is 2. The third kappa shape index (κ3) is 5.50. The fourth-order valence-electron chi connectivity index (χ4n) is 4.96. The molecule has 2 aliphatic heterocycles. The van der Waals surface area contributed by atoms with E-state index >= 15 is 0 Å². The number of sulfonamides is 1. The average molecular weight is 543 g/mol. The Morgan fingerprint density at radius 2 is 1.81 bits per heavy atom. The summed E-state index contributed by atoms with van der Waals surface area (Å²) in [5.74, 6) is 0.339. The Morgan fingerprint density at radius 3 is 2.51 bits per heavy atom. The average Bonchev–Trinajstić information content (AvgIpc) is 2.92. The molecule has 0 saturated carbocycles. The van der Waals surface area contributed by atoms with Crippen molar-refractivity contribution in [2.24, 2.45) is 0 Å². The second-order valence-electron chi connectivity index (χ2n) is 9.25. The number of amides is 1. The van der Waals surface area contributed by atoms with E-state index in [1.54, 1.807) is 24.3 Å². The Morgan fingerprint density at radius 1 is 1.05 bits per heavy atom. The predicted molar refractivity (Wildman–Crippen MR) is 147 cm³/mol. The molecule has 5 rings (SSSR count). The zero-order valence-corrected chi connectivity index (χ0v) is 22.1. The summed E-state index contributed by atoms with van der Waals surface area (Å²) in [6, 6.07) is 13.9. The number of carbonyl (C=O) groups is 1. The van der Waals surface area contributed by atoms with Gasteiger partial charge in [-0.25, -0.2) is 18.4 Å². The topological polar surface area (TPSA) is 98.7 Å². The Bertz CT molecular complexity index is 1370. The summed E-state index contributed by atoms with van der Waals surface area (Å²) in [6.07, 6.45) is 4.73. The number of nitrogens with zero attached hydrogens (tertiary/aromatic N) is 5. The smallest absolute Gasteiger partial charge is 0.263 e. The molecule has 2 aliphatic rings. The third-order valence-corrected chi connectivity index (χ3v) is 8.55. The fourth-order valence-corrected chi connectivity index (χ4v) is 6.17. The van der Waals surface area contributed by atoms with Crippen LogP contribution in [0.2, 0.25) is 5.02 Å². The van der Waals surface area contributed by atoms with E-state index in [-0.39, 0.29) is 24.1 Å². The van der Waals surface area contributed by atoms with E-state index in [1.165, 1.54) is 24.2 Å². The molecule has 3 heterocycles. The van der Waals surface area contributed by atoms with Crippen molar-refractivity contribution in [1.29, 1.82) is 0 Å². The highest BCUT2D eigenvalue weighted by Gasteiger charge is 2.31. The van der Waals surface area contributed by atoms with Crippen LogP contribution in [0.3, 0.4) is 0 Å². The van der Waals surface area contributed by atoms with Crippen LogP contribution in [-0.4, -0.2) is 68.0 Å². The van der Waals surface area contributed by atoms with Crippen LogP contribution in [0.25, 0.3) is 0 Å². The summed E-state index contributed by atoms with van der Waals surface area (Å²) in [6.45, 7) is 5.40. The zero-order chi connectivity index (χ0) is 26.0. The van der Waals surface area contributed by atoms with Gasteiger partial charge in [0.2, 0.25) is 5.91 Å². The Balaban J connectivity index is 0.00000336. The van der Waals surface area contributed by atoms with Crippen molar-refractivity contribution in [3.63, 3.8) is 0 Å². The molecule has 9 nitrogen and oxygen atoms in total. The lowest BCUT2D eigenvalue weighted by Gasteiger charge is -2.41. The van der Waals surface area contributed by atoms with Gasteiger partial charge in [-0.2, -0.15) is 0 Å². The van der Waals surface area contributed by atoms with Crippen LogP contribution in [0.15, 0.2) is 66.0 Å². The van der Waals surface area contributed by atoms with Crippen molar-refractivity contribution < 1.29 is 14.6 Å². The van der Waals surface area contributed by atoms with Gasteiger partial charge in [0.25, 0.3) is 10.0 Å². The normalized spacial score (nSPS) is 16.8. The maximum atomic E-state index is 13.4. The molecule has 196 valence electrons. The number of hydrogen-bond acceptors (Lipinski definition) is 7. The van der Waals surface area contributed by atoms with Gasteiger partial charge in [-0.05, 0) is 73.9 Å². The number of benzene rings is 2. The van der Waals surface area contributed by atoms with Gasteiger partial charge < -0.3 is 14.7 Å². The van der Waals surface area contributed by atoms with Crippen LogP contribution in [0.5, 0.6) is 0 Å². The Labute approximate surface area is 223 Å². The van der Waals surface area contributed by atoms with Crippen molar-refractivity contribution in [1.82, 2.24) is 14.9 Å². The first-order valence-corrected chi connectivity index (χ1v) is 14.2. The van der Waals surface area contributed by atoms with Crippen molar-refractivity contribution in [3.8, 4) is 0 Å². The lowest BCUT2D eigenvalue weighted by Crippen LogP contribution is -2.55. The minimum atomic E-state index is -3.75. The number of nitrogens with one attached hydrogen (secondary N) is 1. The van der Waals surface area contributed by atoms with Gasteiger partial charge in [-0.1, -0.05) is 11.6 Å². The number of halogens is 1. The summed E-state index contributed by atoms with van der Waals surface area (Å²) in [4.78, 5) is 27.5. The van der Waals surface area contributed by atoms with Crippen molar-refractivity contribution in [2.45, 2.75) is 30.7 Å². The number of hydrogen-bond donors (Lipinski definition) is 1. The Kier molecular flexibility index (Phi) is 7.21. The number of piperazine rings is 1. The van der Waals surface area contributed by atoms with Gasteiger partial charge in [0.05, 0.1) is 4.90 Å². The van der Waals surface area contributed by atoms with E-state index in [1.807, 2.05) is 30.0 Å². The summed E-state index contributed by atoms with van der Waals surface area (Å²) in [5.41, 5.74) is 3.21. The molecule has 0 radical (unpaired) electrons. The van der Waals surface area contributed by atoms with Crippen LogP contribution in [0.1, 0.15) is 20.3 Å². The van der Waals surface area contributed by atoms with Crippen LogP contribution in [0.4, 0.5) is 17.2 Å². The van der Waals surface area contributed by atoms with Gasteiger partial charge in [-0.3, -0.25) is 9.52 Å². The molecule has 1 atom stereocenters. The largest absolute Gasteiger partial charge is 0.368 e. The SMILES string of the molecule is CC(C(=O)N1CCN(c2ccc(S(=O)(=O)Nc3ccncn3)cc2)CC1)N1CCCc2cc(Cl)ccc21.[HH]. The number of rotatable bonds is 6. The molecular formula is C26H31ClN6O3S. The molecule has 11 heteroatoms. The van der Waals surface area contributed by atoms with Crippen molar-refractivity contribution in [3.05, 3.63) is 71.6 Å². The van der Waals surface area contributed by atoms with Crippen LogP contribution < -0.4 is 14.5 Å². The first-order valence-electron chi connectivity index (χ1n) is 12.3. The second-order valence-corrected chi connectivity index (χ2v) is 11.4. The van der Waals surface area contributed by atoms with Gasteiger partial charge in [-0.15, -0.1) is 0 Å². The molecule has 0 aliphatic carbocycles. The highest BCUT2D eigenvalue weighted by molar-refractivity contribution is 7.92. The molecule has 1 N–H and O–H groups in total. The number of aryl methyl sites for hydroxylation is 1. The van der Waals surface area contributed by atoms with E-state index < -0.39 is 10.0 Å². The van der Waals surface area contributed by atoms with Gasteiger partial charge in [0.15, 0.2) is 0 Å². The van der Waals surface area contributed by atoms with E-state index in [9.17, 15) is 13.2 Å². The summed E-state index contributed by atoms with van der Waals surface area (Å²) < 4.78 is 27.8. The Hall–Kier alpha value is -3.37. The molecule has 0 spiro atoms. The summed E-state index contributed by atoms with van der Waals surface area (Å²) in [5, 5.41) is 0.725. The van der Waals surface area contributed by atoms with Crippen molar-refractivity contribution in [2.75, 3.05) is 47.2 Å². The molecule has 1 fully saturated rings. The molecule has 1 unspecified atom stereocenters. The third-order valence-electron chi connectivity index (χ3n) is 6.95. The van der Waals surface area contributed by atoms with Crippen LogP contribution in [-0.2, 0) is 21.2 Å². The minimum Gasteiger partial charge on any atom is -0.368 e. The highest BCUT2D eigenvalue weighted by Crippen LogP contribution is 2.31. The van der Waals surface area contributed by atoms with E-state index in [4.69, 9.17) is 11.6 Å². The molecule has 1 aromatic heterocycles. The predicted octanol–water partition coefficient (Wildman–Crippen LogP) is 3.67. The first-order chi connectivity index (χ1) is 17.8. The van der Waals surface area contributed by atoms with Crippen LogP contribution >= 0.6 is 11.6 Å². The maximum Gasteiger partial charge on any atom is 0.263 e. The van der Waals surface area contributed by atoms with Gasteiger partial charge >= 0.3 is 0 Å². The molecule has 0 bridgehead atoms. The monoisotopic (exact) mass is 542 g/mol. The number of fused-ring (bicyclic) bond motifs is 1. The molecule has 1 amide bonds. The second kappa shape index (κ2) is 10.5. The lowest BCUT2D eigenvalue weighted by atomic mass is 10.00. The van der Waals surface area contributed by atoms with Gasteiger partial charge in [0.1, 0.15) is 18.2 Å². The van der Waals surface area contributed by atoms with E-state index in [2.05, 4.69) is 24.5 Å². The lowest BCUT2D eigenvalue weighted by molar-refractivity contribution is -0.132. The zero-order valence-electron chi connectivity index (χ0n) is 20.5. The van der Waals surface area contributed by atoms with Gasteiger partial charge in [0, 0.05) is 56.7 Å². The molecule has 37 heavy (non-hydrogen) atoms. The number of carbonyl (C=O) groups excluding carboxylic acids is 1. The van der Waals surface area contributed by atoms with E-state index in [0.717, 1.165) is 35.8 Å². The molecule has 3 aromatic rings. The summed E-state index contributed by atoms with van der Waals surface area (Å²) >= 11 is 6.18. The minimum absolute atomic E-state index is 0. The van der Waals surface area contributed by atoms with Crippen molar-refractivity contribution >= 4 is 44.7 Å². The first kappa shape index (κ1) is 25.3. The standard InChI is InChI=1S/C26H29ClN6O3S.H2/c1-19(33-12-2-3-20-17-21(27)4-9-24(20)33)26(34)32-15-13-31(14-16-32)22-5-7-23(8-6-22)37(35,36)30-25-10-11-28-18-29-25;/h4-11,17-19H,2-3,12-16H2,1H3,(H,28,29,30);1H.